The maximum atomic E-state index is 2.47. The number of rotatable bonds is 7. The maximum Gasteiger partial charge on any atom is 0.0468 e. The molecule has 0 heterocycles. The highest BCUT2D eigenvalue weighted by Crippen LogP contribution is 2.52. The summed E-state index contributed by atoms with van der Waals surface area (Å²) in [4.78, 5) is 2.43. The van der Waals surface area contributed by atoms with Crippen molar-refractivity contribution in [2.75, 3.05) is 4.90 Å². The van der Waals surface area contributed by atoms with Crippen molar-refractivity contribution in [3.63, 3.8) is 0 Å². The Kier molecular flexibility index (Phi) is 9.63. The molecule has 0 aliphatic heterocycles. The molecule has 1 aliphatic rings. The van der Waals surface area contributed by atoms with Crippen molar-refractivity contribution in [3.05, 3.63) is 272 Å². The van der Waals surface area contributed by atoms with Crippen molar-refractivity contribution in [3.8, 4) is 55.6 Å². The average Bonchev–Trinajstić information content (AvgIpc) is 3.67. The summed E-state index contributed by atoms with van der Waals surface area (Å²) in [6.45, 7) is 4.72. The van der Waals surface area contributed by atoms with E-state index in [0.717, 1.165) is 17.1 Å². The first-order valence-electron chi connectivity index (χ1n) is 25.2. The summed E-state index contributed by atoms with van der Waals surface area (Å²) >= 11 is 0. The molecular weight excluding hydrogens is 867 g/mol. The molecule has 0 aromatic heterocycles. The summed E-state index contributed by atoms with van der Waals surface area (Å²) in [5.74, 6) is 0. The van der Waals surface area contributed by atoms with E-state index in [1.807, 2.05) is 0 Å². The molecule has 13 aromatic rings. The van der Waals surface area contributed by atoms with Crippen LogP contribution >= 0.6 is 0 Å². The van der Waals surface area contributed by atoms with Gasteiger partial charge >= 0.3 is 0 Å². The molecule has 0 unspecified atom stereocenters. The third kappa shape index (κ3) is 6.69. The predicted octanol–water partition coefficient (Wildman–Crippen LogP) is 19.9. The van der Waals surface area contributed by atoms with Crippen molar-refractivity contribution < 1.29 is 0 Å². The van der Waals surface area contributed by atoms with E-state index in [2.05, 4.69) is 280 Å². The minimum Gasteiger partial charge on any atom is -0.310 e. The smallest absolute Gasteiger partial charge is 0.0468 e. The van der Waals surface area contributed by atoms with E-state index >= 15 is 0 Å². The monoisotopic (exact) mass is 915 g/mol. The van der Waals surface area contributed by atoms with Crippen LogP contribution in [0.4, 0.5) is 17.1 Å². The molecule has 13 aromatic carbocycles. The quantitative estimate of drug-likeness (QED) is 0.144. The van der Waals surface area contributed by atoms with E-state index in [9.17, 15) is 0 Å². The van der Waals surface area contributed by atoms with Crippen LogP contribution in [0.15, 0.2) is 261 Å². The minimum atomic E-state index is -0.0652. The number of benzene rings is 13. The molecule has 14 rings (SSSR count). The lowest BCUT2D eigenvalue weighted by Gasteiger charge is -2.27. The Bertz CT molecular complexity index is 4200. The van der Waals surface area contributed by atoms with Gasteiger partial charge in [0, 0.05) is 22.5 Å². The number of fused-ring (bicyclic) bond motifs is 11. The van der Waals surface area contributed by atoms with Crippen LogP contribution in [-0.4, -0.2) is 0 Å². The molecule has 1 heteroatoms. The number of anilines is 3. The first-order chi connectivity index (χ1) is 35.5. The third-order valence-electron chi connectivity index (χ3n) is 15.6. The van der Waals surface area contributed by atoms with Crippen molar-refractivity contribution >= 4 is 70.9 Å². The molecule has 72 heavy (non-hydrogen) atoms. The van der Waals surface area contributed by atoms with Gasteiger partial charge in [0.15, 0.2) is 0 Å². The minimum absolute atomic E-state index is 0.0652. The molecule has 0 fully saturated rings. The Morgan fingerprint density at radius 2 is 0.764 bits per heavy atom. The zero-order valence-electron chi connectivity index (χ0n) is 40.3. The summed E-state index contributed by atoms with van der Waals surface area (Å²) in [6.07, 6.45) is 0. The molecule has 1 aliphatic carbocycles. The van der Waals surface area contributed by atoms with Crippen LogP contribution in [0.5, 0.6) is 0 Å². The molecule has 0 N–H and O–H groups in total. The molecule has 0 bridgehead atoms. The highest BCUT2D eigenvalue weighted by Gasteiger charge is 2.35. The fourth-order valence-electron chi connectivity index (χ4n) is 12.1. The topological polar surface area (TPSA) is 3.24 Å². The van der Waals surface area contributed by atoms with Crippen LogP contribution < -0.4 is 4.90 Å². The summed E-state index contributed by atoms with van der Waals surface area (Å²) in [5, 5.41) is 12.3. The van der Waals surface area contributed by atoms with Crippen molar-refractivity contribution in [2.45, 2.75) is 19.3 Å². The normalized spacial score (nSPS) is 12.7. The van der Waals surface area contributed by atoms with Gasteiger partial charge in [-0.1, -0.05) is 226 Å². The lowest BCUT2D eigenvalue weighted by molar-refractivity contribution is 0.660. The lowest BCUT2D eigenvalue weighted by atomic mass is 9.81. The van der Waals surface area contributed by atoms with E-state index in [1.54, 1.807) is 0 Å². The maximum absolute atomic E-state index is 2.47. The highest BCUT2D eigenvalue weighted by atomic mass is 15.1. The van der Waals surface area contributed by atoms with Crippen LogP contribution in [0, 0.1) is 0 Å². The molecule has 0 radical (unpaired) electrons. The predicted molar refractivity (Wildman–Crippen MR) is 308 cm³/mol. The van der Waals surface area contributed by atoms with Gasteiger partial charge in [-0.05, 0) is 169 Å². The summed E-state index contributed by atoms with van der Waals surface area (Å²) in [7, 11) is 0. The molecule has 0 spiro atoms. The first kappa shape index (κ1) is 41.9. The molecule has 0 atom stereocenters. The van der Waals surface area contributed by atoms with Crippen LogP contribution in [0.2, 0.25) is 0 Å². The van der Waals surface area contributed by atoms with Gasteiger partial charge in [0.2, 0.25) is 0 Å². The lowest BCUT2D eigenvalue weighted by Crippen LogP contribution is -2.14. The van der Waals surface area contributed by atoms with Crippen LogP contribution in [0.25, 0.3) is 109 Å². The molecule has 0 amide bonds. The van der Waals surface area contributed by atoms with Gasteiger partial charge in [0.1, 0.15) is 0 Å². The van der Waals surface area contributed by atoms with Crippen molar-refractivity contribution in [1.29, 1.82) is 0 Å². The standard InChI is InChI=1S/C71H49N/c1-71(2)66-28-16-15-26-59(66)60-39-35-54(43-67(60)71)48-29-31-50(32-30-48)63-45-64(49-19-5-3-6-20-49)69-61-27-14-13-25-58(61)65-44-57(38-40-62(65)70(69)68(63)51-21-7-4-8-22-51)72(55-36-33-46-17-9-11-23-52(46)41-55)56-37-34-47-18-10-12-24-53(47)42-56/h3-45H,1-2H3. The second-order valence-electron chi connectivity index (χ2n) is 20.0. The fourth-order valence-corrected chi connectivity index (χ4v) is 12.1. The summed E-state index contributed by atoms with van der Waals surface area (Å²) in [5.41, 5.74) is 18.4. The Hall–Kier alpha value is -9.04. The van der Waals surface area contributed by atoms with Gasteiger partial charge in [-0.15, -0.1) is 0 Å². The van der Waals surface area contributed by atoms with E-state index < -0.39 is 0 Å². The van der Waals surface area contributed by atoms with E-state index in [1.165, 1.54) is 121 Å². The largest absolute Gasteiger partial charge is 0.310 e. The number of hydrogen-bond acceptors (Lipinski definition) is 1. The van der Waals surface area contributed by atoms with Crippen molar-refractivity contribution in [2.24, 2.45) is 0 Å². The number of nitrogens with zero attached hydrogens (tertiary/aromatic N) is 1. The van der Waals surface area contributed by atoms with Gasteiger partial charge in [-0.25, -0.2) is 0 Å². The van der Waals surface area contributed by atoms with Gasteiger partial charge in [0.05, 0.1) is 0 Å². The highest BCUT2D eigenvalue weighted by molar-refractivity contribution is 6.33. The summed E-state index contributed by atoms with van der Waals surface area (Å²) < 4.78 is 0. The second kappa shape index (κ2) is 16.5. The zero-order valence-corrected chi connectivity index (χ0v) is 40.3. The average molecular weight is 916 g/mol. The first-order valence-corrected chi connectivity index (χ1v) is 25.2. The van der Waals surface area contributed by atoms with E-state index in [4.69, 9.17) is 0 Å². The van der Waals surface area contributed by atoms with Crippen LogP contribution in [0.3, 0.4) is 0 Å². The Morgan fingerprint density at radius 1 is 0.264 bits per heavy atom. The SMILES string of the molecule is CC1(C)c2ccccc2-c2ccc(-c3ccc(-c4cc(-c5ccccc5)c5c6ccccc6c6cc(N(c7ccc8ccccc8c7)c7ccc8ccccc8c7)ccc6c5c4-c4ccccc4)cc3)cc21. The van der Waals surface area contributed by atoms with Gasteiger partial charge < -0.3 is 4.90 Å². The Balaban J connectivity index is 1.02. The van der Waals surface area contributed by atoms with Gasteiger partial charge in [-0.2, -0.15) is 0 Å². The molecule has 0 saturated heterocycles. The van der Waals surface area contributed by atoms with Crippen LogP contribution in [0.1, 0.15) is 25.0 Å². The molecule has 338 valence electrons. The van der Waals surface area contributed by atoms with E-state index in [-0.39, 0.29) is 5.41 Å². The van der Waals surface area contributed by atoms with E-state index in [0.29, 0.717) is 0 Å². The van der Waals surface area contributed by atoms with Crippen molar-refractivity contribution in [1.82, 2.24) is 0 Å². The number of hydrogen-bond donors (Lipinski definition) is 0. The second-order valence-corrected chi connectivity index (χ2v) is 20.0. The fraction of sp³-hybridized carbons (Fsp3) is 0.0423. The summed E-state index contributed by atoms with van der Waals surface area (Å²) in [6, 6.07) is 97.0. The third-order valence-corrected chi connectivity index (χ3v) is 15.6. The van der Waals surface area contributed by atoms with Gasteiger partial charge in [-0.3, -0.25) is 0 Å². The molecule has 1 nitrogen and oxygen atoms in total. The zero-order chi connectivity index (χ0) is 47.9. The Morgan fingerprint density at radius 3 is 1.46 bits per heavy atom. The molecular formula is C71H49N. The Labute approximate surface area is 420 Å². The van der Waals surface area contributed by atoms with Crippen LogP contribution in [-0.2, 0) is 5.41 Å². The molecule has 0 saturated carbocycles. The van der Waals surface area contributed by atoms with Gasteiger partial charge in [0.25, 0.3) is 0 Å².